The van der Waals surface area contributed by atoms with Crippen LogP contribution in [0, 0.1) is 0 Å². The smallest absolute Gasteiger partial charge is 0.326 e. The fourth-order valence-corrected chi connectivity index (χ4v) is 2.68. The third-order valence-corrected chi connectivity index (χ3v) is 4.29. The van der Waals surface area contributed by atoms with Crippen LogP contribution in [0.3, 0.4) is 0 Å². The van der Waals surface area contributed by atoms with Gasteiger partial charge in [-0.25, -0.2) is 13.2 Å². The van der Waals surface area contributed by atoms with E-state index >= 15 is 0 Å². The van der Waals surface area contributed by atoms with Gasteiger partial charge in [-0.2, -0.15) is 0 Å². The Morgan fingerprint density at radius 1 is 1.32 bits per heavy atom. The average molecular weight is 338 g/mol. The summed E-state index contributed by atoms with van der Waals surface area (Å²) < 4.78 is 28.1. The molecule has 128 valence electrons. The molecule has 2 amide bonds. The largest absolute Gasteiger partial charge is 0.480 e. The minimum absolute atomic E-state index is 0.0385. The first-order valence-electron chi connectivity index (χ1n) is 6.56. The predicted molar refractivity (Wildman–Crippen MR) is 78.0 cm³/mol. The molecule has 0 aliphatic carbocycles. The SMILES string of the molecule is COCCS(=O)(=O)CC(=O)N(CCNC(C)=O)C(C)C(=O)O. The Kier molecular flexibility index (Phi) is 8.65. The second-order valence-electron chi connectivity index (χ2n) is 4.67. The molecule has 0 aromatic rings. The number of carboxylic acids is 1. The van der Waals surface area contributed by atoms with E-state index in [1.807, 2.05) is 0 Å². The highest BCUT2D eigenvalue weighted by molar-refractivity contribution is 7.92. The van der Waals surface area contributed by atoms with Crippen LogP contribution in [0.2, 0.25) is 0 Å². The van der Waals surface area contributed by atoms with Crippen LogP contribution in [0.5, 0.6) is 0 Å². The Hall–Kier alpha value is -1.68. The monoisotopic (exact) mass is 338 g/mol. The van der Waals surface area contributed by atoms with Gasteiger partial charge in [0.15, 0.2) is 9.84 Å². The van der Waals surface area contributed by atoms with Crippen molar-refractivity contribution >= 4 is 27.6 Å². The van der Waals surface area contributed by atoms with E-state index in [2.05, 4.69) is 10.1 Å². The summed E-state index contributed by atoms with van der Waals surface area (Å²) in [6.07, 6.45) is 0. The number of hydrogen-bond donors (Lipinski definition) is 2. The van der Waals surface area contributed by atoms with E-state index in [9.17, 15) is 22.8 Å². The molecule has 22 heavy (non-hydrogen) atoms. The number of aliphatic carboxylic acids is 1. The van der Waals surface area contributed by atoms with Crippen molar-refractivity contribution in [3.8, 4) is 0 Å². The Morgan fingerprint density at radius 2 is 1.91 bits per heavy atom. The summed E-state index contributed by atoms with van der Waals surface area (Å²) in [6, 6.07) is -1.20. The number of nitrogens with one attached hydrogen (secondary N) is 1. The van der Waals surface area contributed by atoms with Crippen LogP contribution in [0.1, 0.15) is 13.8 Å². The third-order valence-electron chi connectivity index (χ3n) is 2.81. The lowest BCUT2D eigenvalue weighted by Crippen LogP contribution is -2.48. The molecule has 0 heterocycles. The number of amides is 2. The fraction of sp³-hybridized carbons (Fsp3) is 0.750. The Bertz CT molecular complexity index is 504. The molecule has 0 aliphatic rings. The van der Waals surface area contributed by atoms with Crippen molar-refractivity contribution in [3.63, 3.8) is 0 Å². The van der Waals surface area contributed by atoms with Gasteiger partial charge in [-0.15, -0.1) is 0 Å². The Balaban J connectivity index is 4.88. The molecule has 0 radical (unpaired) electrons. The Morgan fingerprint density at radius 3 is 2.36 bits per heavy atom. The first-order valence-corrected chi connectivity index (χ1v) is 8.39. The summed E-state index contributed by atoms with van der Waals surface area (Å²) in [4.78, 5) is 34.8. The highest BCUT2D eigenvalue weighted by atomic mass is 32.2. The van der Waals surface area contributed by atoms with E-state index in [1.54, 1.807) is 0 Å². The molecule has 1 unspecified atom stereocenters. The van der Waals surface area contributed by atoms with E-state index in [1.165, 1.54) is 21.0 Å². The molecule has 0 spiro atoms. The van der Waals surface area contributed by atoms with Crippen LogP contribution in [0.25, 0.3) is 0 Å². The lowest BCUT2D eigenvalue weighted by Gasteiger charge is -2.26. The standard InChI is InChI=1S/C12H22N2O7S/c1-9(12(17)18)14(5-4-13-10(2)15)11(16)8-22(19,20)7-6-21-3/h9H,4-8H2,1-3H3,(H,13,15)(H,17,18). The molecule has 0 aromatic carbocycles. The number of carbonyl (C=O) groups is 3. The molecule has 0 rings (SSSR count). The lowest BCUT2D eigenvalue weighted by molar-refractivity contribution is -0.148. The third kappa shape index (κ3) is 7.93. The average Bonchev–Trinajstić information content (AvgIpc) is 2.39. The van der Waals surface area contributed by atoms with E-state index in [0.29, 0.717) is 0 Å². The lowest BCUT2D eigenvalue weighted by atomic mass is 10.3. The number of hydrogen-bond acceptors (Lipinski definition) is 6. The molecule has 1 atom stereocenters. The molecule has 2 N–H and O–H groups in total. The second-order valence-corrected chi connectivity index (χ2v) is 6.85. The van der Waals surface area contributed by atoms with E-state index < -0.39 is 33.5 Å². The van der Waals surface area contributed by atoms with Crippen molar-refractivity contribution < 1.29 is 32.6 Å². The van der Waals surface area contributed by atoms with Crippen molar-refractivity contribution in [2.24, 2.45) is 0 Å². The van der Waals surface area contributed by atoms with Crippen LogP contribution in [0.15, 0.2) is 0 Å². The highest BCUT2D eigenvalue weighted by Crippen LogP contribution is 2.03. The van der Waals surface area contributed by atoms with Crippen LogP contribution >= 0.6 is 0 Å². The zero-order valence-corrected chi connectivity index (χ0v) is 13.7. The van der Waals surface area contributed by atoms with Crippen molar-refractivity contribution in [3.05, 3.63) is 0 Å². The fourth-order valence-electron chi connectivity index (χ4n) is 1.57. The van der Waals surface area contributed by atoms with Gasteiger partial charge in [-0.05, 0) is 6.92 Å². The normalized spacial score (nSPS) is 12.5. The van der Waals surface area contributed by atoms with Crippen molar-refractivity contribution in [1.82, 2.24) is 10.2 Å². The molecule has 0 bridgehead atoms. The first kappa shape index (κ1) is 20.3. The van der Waals surface area contributed by atoms with Gasteiger partial charge in [0, 0.05) is 27.1 Å². The number of sulfone groups is 1. The number of nitrogens with zero attached hydrogens (tertiary/aromatic N) is 1. The van der Waals surface area contributed by atoms with E-state index in [4.69, 9.17) is 5.11 Å². The quantitative estimate of drug-likeness (QED) is 0.495. The van der Waals surface area contributed by atoms with Gasteiger partial charge in [0.05, 0.1) is 12.4 Å². The molecule has 0 saturated carbocycles. The van der Waals surface area contributed by atoms with Gasteiger partial charge < -0.3 is 20.1 Å². The van der Waals surface area contributed by atoms with Crippen molar-refractivity contribution in [2.45, 2.75) is 19.9 Å². The highest BCUT2D eigenvalue weighted by Gasteiger charge is 2.28. The van der Waals surface area contributed by atoms with Crippen LogP contribution < -0.4 is 5.32 Å². The zero-order valence-electron chi connectivity index (χ0n) is 12.9. The summed E-state index contributed by atoms with van der Waals surface area (Å²) in [6.45, 7) is 2.45. The predicted octanol–water partition coefficient (Wildman–Crippen LogP) is -1.51. The maximum Gasteiger partial charge on any atom is 0.326 e. The molecule has 0 aliphatic heterocycles. The number of carboxylic acid groups (broad SMARTS) is 1. The molecule has 10 heteroatoms. The molecular formula is C12H22N2O7S. The van der Waals surface area contributed by atoms with Gasteiger partial charge in [0.25, 0.3) is 0 Å². The number of methoxy groups -OCH3 is 1. The van der Waals surface area contributed by atoms with Crippen molar-refractivity contribution in [2.75, 3.05) is 38.3 Å². The van der Waals surface area contributed by atoms with Crippen LogP contribution in [0.4, 0.5) is 0 Å². The molecular weight excluding hydrogens is 316 g/mol. The van der Waals surface area contributed by atoms with Gasteiger partial charge >= 0.3 is 5.97 Å². The topological polar surface area (TPSA) is 130 Å². The molecule has 0 fully saturated rings. The number of carbonyl (C=O) groups excluding carboxylic acids is 2. The first-order chi connectivity index (χ1) is 10.1. The number of ether oxygens (including phenoxy) is 1. The minimum atomic E-state index is -3.69. The summed E-state index contributed by atoms with van der Waals surface area (Å²) in [5.41, 5.74) is 0. The maximum atomic E-state index is 12.1. The summed E-state index contributed by atoms with van der Waals surface area (Å²) in [5.74, 6) is -3.53. The molecule has 0 aromatic heterocycles. The second kappa shape index (κ2) is 9.36. The minimum Gasteiger partial charge on any atom is -0.480 e. The van der Waals surface area contributed by atoms with E-state index in [-0.39, 0.29) is 31.4 Å². The number of rotatable bonds is 10. The summed E-state index contributed by atoms with van der Waals surface area (Å²) in [7, 11) is -2.35. The van der Waals surface area contributed by atoms with Gasteiger partial charge in [-0.1, -0.05) is 0 Å². The van der Waals surface area contributed by atoms with E-state index in [0.717, 1.165) is 4.90 Å². The molecule has 9 nitrogen and oxygen atoms in total. The van der Waals surface area contributed by atoms with Crippen molar-refractivity contribution in [1.29, 1.82) is 0 Å². The van der Waals surface area contributed by atoms with Crippen LogP contribution in [-0.4, -0.2) is 80.6 Å². The zero-order chi connectivity index (χ0) is 17.3. The maximum absolute atomic E-state index is 12.1. The summed E-state index contributed by atoms with van der Waals surface area (Å²) in [5, 5.41) is 11.4. The van der Waals surface area contributed by atoms with Gasteiger partial charge in [0.2, 0.25) is 11.8 Å². The Labute approximate surface area is 129 Å². The molecule has 0 saturated heterocycles. The van der Waals surface area contributed by atoms with Gasteiger partial charge in [-0.3, -0.25) is 9.59 Å². The summed E-state index contributed by atoms with van der Waals surface area (Å²) >= 11 is 0. The van der Waals surface area contributed by atoms with Gasteiger partial charge in [0.1, 0.15) is 11.8 Å². The van der Waals surface area contributed by atoms with Crippen LogP contribution in [-0.2, 0) is 29.0 Å².